The Morgan fingerprint density at radius 2 is 1.83 bits per heavy atom. The van der Waals surface area contributed by atoms with E-state index in [1.54, 1.807) is 38.1 Å². The monoisotopic (exact) mass is 618 g/mol. The molecule has 2 saturated heterocycles. The molecule has 2 aromatic rings. The summed E-state index contributed by atoms with van der Waals surface area (Å²) in [5.41, 5.74) is -0.798. The van der Waals surface area contributed by atoms with Crippen LogP contribution < -0.4 is 16.0 Å². The number of β-amino-alcohol motifs (C(OH)–C–C–N with tert-alkyl or cyclic N) is 1. The van der Waals surface area contributed by atoms with Crippen LogP contribution in [0.3, 0.4) is 0 Å². The van der Waals surface area contributed by atoms with Gasteiger partial charge in [0, 0.05) is 48.3 Å². The van der Waals surface area contributed by atoms with Crippen molar-refractivity contribution in [3.8, 4) is 0 Å². The number of nitrogens with zero attached hydrogens (tertiary/aromatic N) is 1. The highest BCUT2D eigenvalue weighted by Gasteiger charge is 2.66. The smallest absolute Gasteiger partial charge is 0.238 e. The molecule has 3 aliphatic heterocycles. The molecule has 4 atom stereocenters. The number of fused-ring (bicyclic) bond motifs is 2. The third-order valence-electron chi connectivity index (χ3n) is 8.77. The molecule has 2 fully saturated rings. The second-order valence-electron chi connectivity index (χ2n) is 14.0. The molecule has 0 aromatic heterocycles. The molecule has 5 rings (SSSR count). The third-order valence-corrected chi connectivity index (χ3v) is 9.29. The van der Waals surface area contributed by atoms with E-state index in [0.29, 0.717) is 29.2 Å². The van der Waals surface area contributed by atoms with Crippen molar-refractivity contribution in [2.24, 2.45) is 5.41 Å². The van der Waals surface area contributed by atoms with Crippen LogP contribution in [0.15, 0.2) is 36.4 Å². The molecule has 0 bridgehead atoms. The van der Waals surface area contributed by atoms with Gasteiger partial charge in [-0.25, -0.2) is 4.39 Å². The highest BCUT2D eigenvalue weighted by molar-refractivity contribution is 6.31. The van der Waals surface area contributed by atoms with Gasteiger partial charge in [0.25, 0.3) is 0 Å². The van der Waals surface area contributed by atoms with Crippen molar-refractivity contribution in [3.63, 3.8) is 0 Å². The van der Waals surface area contributed by atoms with Gasteiger partial charge in [-0.1, -0.05) is 62.2 Å². The second-order valence-corrected chi connectivity index (χ2v) is 14.8. The highest BCUT2D eigenvalue weighted by atomic mass is 35.5. The van der Waals surface area contributed by atoms with E-state index in [4.69, 9.17) is 23.2 Å². The van der Waals surface area contributed by atoms with Gasteiger partial charge < -0.3 is 26.0 Å². The number of hydrogen-bond acceptors (Lipinski definition) is 5. The Labute approximate surface area is 257 Å². The first-order chi connectivity index (χ1) is 19.6. The number of halogens is 3. The van der Waals surface area contributed by atoms with E-state index in [2.05, 4.69) is 41.6 Å². The highest BCUT2D eigenvalue weighted by Crippen LogP contribution is 2.57. The minimum Gasteiger partial charge on any atom is -0.389 e. The van der Waals surface area contributed by atoms with Crippen molar-refractivity contribution in [1.82, 2.24) is 15.5 Å². The van der Waals surface area contributed by atoms with E-state index in [1.807, 2.05) is 6.07 Å². The Morgan fingerprint density at radius 3 is 2.48 bits per heavy atom. The van der Waals surface area contributed by atoms with Crippen molar-refractivity contribution >= 4 is 40.7 Å². The molecule has 0 radical (unpaired) electrons. The zero-order valence-corrected chi connectivity index (χ0v) is 26.4. The van der Waals surface area contributed by atoms with Gasteiger partial charge >= 0.3 is 0 Å². The van der Waals surface area contributed by atoms with E-state index in [-0.39, 0.29) is 33.9 Å². The molecular formula is C32H41Cl2FN4O3. The van der Waals surface area contributed by atoms with Crippen molar-refractivity contribution in [2.75, 3.05) is 25.0 Å². The summed E-state index contributed by atoms with van der Waals surface area (Å²) >= 11 is 12.6. The number of carbonyl (C=O) groups is 2. The lowest BCUT2D eigenvalue weighted by Gasteiger charge is -2.38. The molecule has 42 heavy (non-hydrogen) atoms. The summed E-state index contributed by atoms with van der Waals surface area (Å²) in [5.74, 6) is -2.07. The Kier molecular flexibility index (Phi) is 8.44. The molecule has 10 heteroatoms. The number of likely N-dealkylation sites (tertiary alicyclic amines) is 1. The summed E-state index contributed by atoms with van der Waals surface area (Å²) in [4.78, 5) is 30.6. The van der Waals surface area contributed by atoms with Crippen LogP contribution in [0.1, 0.15) is 70.9 Å². The molecule has 0 saturated carbocycles. The number of benzene rings is 2. The number of nitrogens with one attached hydrogen (secondary N) is 3. The summed E-state index contributed by atoms with van der Waals surface area (Å²) in [6, 6.07) is 8.57. The largest absolute Gasteiger partial charge is 0.389 e. The van der Waals surface area contributed by atoms with Gasteiger partial charge in [0.05, 0.1) is 16.7 Å². The third kappa shape index (κ3) is 5.93. The maximum Gasteiger partial charge on any atom is 0.238 e. The zero-order chi connectivity index (χ0) is 30.6. The maximum atomic E-state index is 15.9. The summed E-state index contributed by atoms with van der Waals surface area (Å²) in [6.45, 7) is 11.9. The van der Waals surface area contributed by atoms with Gasteiger partial charge in [-0.3, -0.25) is 9.59 Å². The van der Waals surface area contributed by atoms with Crippen molar-refractivity contribution in [2.45, 2.75) is 88.9 Å². The van der Waals surface area contributed by atoms with Crippen LogP contribution >= 0.6 is 23.2 Å². The number of piperidine rings is 1. The van der Waals surface area contributed by atoms with Crippen LogP contribution in [0, 0.1) is 11.2 Å². The molecule has 4 N–H and O–H groups in total. The standard InChI is InChI=1S/C32H41Cl2FN4O3/c1-30(2,3)16-24-32(21-10-9-18(33)15-23(21)37-29(32)41)25(20-7-6-8-22(34)26(20)35)27(38-24)28(40)36-19-11-13-39(14-12-19)17-31(4,5)42/h6-10,15,19,24-25,27,38,42H,11-14,16-17H2,1-5H3,(H,36,40)(H,37,41)/t24-,25+,27-,32+/m1/s1. The minimum absolute atomic E-state index is 0.0602. The zero-order valence-electron chi connectivity index (χ0n) is 24.9. The van der Waals surface area contributed by atoms with Crippen LogP contribution in [0.4, 0.5) is 10.1 Å². The Balaban J connectivity index is 1.55. The van der Waals surface area contributed by atoms with Crippen LogP contribution in [-0.2, 0) is 15.0 Å². The molecule has 3 aliphatic rings. The number of carbonyl (C=O) groups excluding carboxylic acids is 2. The first kappa shape index (κ1) is 31.2. The summed E-state index contributed by atoms with van der Waals surface area (Å²) < 4.78 is 15.9. The normalized spacial score (nSPS) is 26.9. The maximum absolute atomic E-state index is 15.9. The van der Waals surface area contributed by atoms with Gasteiger partial charge in [0.2, 0.25) is 11.8 Å². The minimum atomic E-state index is -1.28. The van der Waals surface area contributed by atoms with E-state index >= 15 is 4.39 Å². The Morgan fingerprint density at radius 1 is 1.14 bits per heavy atom. The SMILES string of the molecule is CC(C)(C)C[C@H]1N[C@@H](C(=O)NC2CCN(CC(C)(C)O)CC2)[C@H](c2cccc(Cl)c2F)[C@@]12C(=O)Nc1cc(Cl)ccc12. The summed E-state index contributed by atoms with van der Waals surface area (Å²) in [6.07, 6.45) is 2.01. The van der Waals surface area contributed by atoms with E-state index in [1.165, 1.54) is 6.07 Å². The molecule has 1 spiro atoms. The average Bonchev–Trinajstić information content (AvgIpc) is 3.35. The second kappa shape index (κ2) is 11.4. The Bertz CT molecular complexity index is 1370. The van der Waals surface area contributed by atoms with Gasteiger partial charge in [0.15, 0.2) is 0 Å². The van der Waals surface area contributed by atoms with Crippen LogP contribution in [0.25, 0.3) is 0 Å². The molecule has 7 nitrogen and oxygen atoms in total. The first-order valence-electron chi connectivity index (χ1n) is 14.7. The van der Waals surface area contributed by atoms with Gasteiger partial charge in [-0.2, -0.15) is 0 Å². The van der Waals surface area contributed by atoms with Crippen molar-refractivity contribution in [1.29, 1.82) is 0 Å². The fourth-order valence-electron chi connectivity index (χ4n) is 7.23. The molecule has 3 heterocycles. The van der Waals surface area contributed by atoms with Crippen molar-refractivity contribution < 1.29 is 19.1 Å². The van der Waals surface area contributed by atoms with Crippen LogP contribution in [0.2, 0.25) is 10.0 Å². The summed E-state index contributed by atoms with van der Waals surface area (Å²) in [5, 5.41) is 20.4. The van der Waals surface area contributed by atoms with E-state index < -0.39 is 34.8 Å². The first-order valence-corrected chi connectivity index (χ1v) is 15.4. The summed E-state index contributed by atoms with van der Waals surface area (Å²) in [7, 11) is 0. The van der Waals surface area contributed by atoms with Crippen LogP contribution in [-0.4, -0.2) is 65.2 Å². The number of amides is 2. The number of hydrogen-bond donors (Lipinski definition) is 4. The lowest BCUT2D eigenvalue weighted by atomic mass is 9.62. The lowest BCUT2D eigenvalue weighted by molar-refractivity contribution is -0.124. The predicted molar refractivity (Wildman–Crippen MR) is 165 cm³/mol. The van der Waals surface area contributed by atoms with Gasteiger partial charge in [-0.15, -0.1) is 0 Å². The molecule has 2 aromatic carbocycles. The molecular weight excluding hydrogens is 578 g/mol. The average molecular weight is 620 g/mol. The quantitative estimate of drug-likeness (QED) is 0.355. The molecule has 228 valence electrons. The molecule has 2 amide bonds. The lowest BCUT2D eigenvalue weighted by Crippen LogP contribution is -2.52. The van der Waals surface area contributed by atoms with Crippen molar-refractivity contribution in [3.05, 3.63) is 63.4 Å². The number of rotatable bonds is 6. The Hall–Kier alpha value is -2.23. The van der Waals surface area contributed by atoms with E-state index in [0.717, 1.165) is 25.9 Å². The molecule has 0 aliphatic carbocycles. The number of aliphatic hydroxyl groups is 1. The molecule has 0 unspecified atom stereocenters. The topological polar surface area (TPSA) is 93.7 Å². The number of anilines is 1. The predicted octanol–water partition coefficient (Wildman–Crippen LogP) is 5.23. The van der Waals surface area contributed by atoms with E-state index in [9.17, 15) is 14.7 Å². The van der Waals surface area contributed by atoms with Gasteiger partial charge in [-0.05, 0) is 67.9 Å². The fraction of sp³-hybridized carbons (Fsp3) is 0.562. The van der Waals surface area contributed by atoms with Gasteiger partial charge in [0.1, 0.15) is 11.2 Å². The van der Waals surface area contributed by atoms with Crippen LogP contribution in [0.5, 0.6) is 0 Å². The fourth-order valence-corrected chi connectivity index (χ4v) is 7.58.